The highest BCUT2D eigenvalue weighted by molar-refractivity contribution is 7.69. The first-order chi connectivity index (χ1) is 5.64. The Morgan fingerprint density at radius 2 is 1.92 bits per heavy atom. The Morgan fingerprint density at radius 3 is 2.42 bits per heavy atom. The van der Waals surface area contributed by atoms with E-state index in [4.69, 9.17) is 4.52 Å². The highest BCUT2D eigenvalue weighted by Crippen LogP contribution is 2.51. The predicted octanol–water partition coefficient (Wildman–Crippen LogP) is 0.688. The van der Waals surface area contributed by atoms with Crippen molar-refractivity contribution in [2.45, 2.75) is 0 Å². The van der Waals surface area contributed by atoms with Crippen molar-refractivity contribution in [3.63, 3.8) is 0 Å². The van der Waals surface area contributed by atoms with Gasteiger partial charge in [0.05, 0.1) is 20.4 Å². The molecule has 0 saturated carbocycles. The standard InChI is InChI=1S/C8H20N2OP/c1-11-12(2,3)8-10-6-4-9-5-7-10/h9H,4-8H2,1-3H3/q+1. The van der Waals surface area contributed by atoms with Gasteiger partial charge in [-0.25, -0.2) is 4.52 Å². The van der Waals surface area contributed by atoms with Crippen LogP contribution in [0.15, 0.2) is 0 Å². The van der Waals surface area contributed by atoms with Crippen LogP contribution in [0.3, 0.4) is 0 Å². The minimum Gasteiger partial charge on any atom is -0.314 e. The summed E-state index contributed by atoms with van der Waals surface area (Å²) in [7, 11) is 0.736. The number of rotatable bonds is 3. The number of hydrogen-bond donors (Lipinski definition) is 1. The number of piperazine rings is 1. The van der Waals surface area contributed by atoms with Crippen LogP contribution in [-0.4, -0.2) is 57.8 Å². The molecule has 0 spiro atoms. The average Bonchev–Trinajstić information content (AvgIpc) is 2.06. The number of nitrogens with zero attached hydrogens (tertiary/aromatic N) is 1. The van der Waals surface area contributed by atoms with Gasteiger partial charge in [0.25, 0.3) is 0 Å². The van der Waals surface area contributed by atoms with E-state index < -0.39 is 7.49 Å². The molecule has 4 heteroatoms. The fraction of sp³-hybridized carbons (Fsp3) is 1.00. The van der Waals surface area contributed by atoms with E-state index in [1.54, 1.807) is 0 Å². The van der Waals surface area contributed by atoms with Crippen molar-refractivity contribution in [2.75, 3.05) is 52.9 Å². The first-order valence-corrected chi connectivity index (χ1v) is 7.24. The van der Waals surface area contributed by atoms with Crippen LogP contribution >= 0.6 is 7.49 Å². The Bertz CT molecular complexity index is 135. The zero-order valence-corrected chi connectivity index (χ0v) is 9.23. The maximum absolute atomic E-state index is 5.49. The van der Waals surface area contributed by atoms with Gasteiger partial charge in [-0.1, -0.05) is 0 Å². The van der Waals surface area contributed by atoms with Gasteiger partial charge in [-0.05, 0) is 0 Å². The van der Waals surface area contributed by atoms with Crippen LogP contribution in [0.2, 0.25) is 0 Å². The molecule has 1 heterocycles. The lowest BCUT2D eigenvalue weighted by molar-refractivity contribution is 0.268. The molecule has 1 N–H and O–H groups in total. The molecule has 0 bridgehead atoms. The second kappa shape index (κ2) is 4.52. The molecule has 0 aliphatic carbocycles. The van der Waals surface area contributed by atoms with Crippen LogP contribution in [0.5, 0.6) is 0 Å². The molecule has 3 nitrogen and oxygen atoms in total. The molecule has 0 aromatic carbocycles. The summed E-state index contributed by atoms with van der Waals surface area (Å²) in [6.07, 6.45) is 1.14. The summed E-state index contributed by atoms with van der Waals surface area (Å²) in [5.41, 5.74) is 0. The van der Waals surface area contributed by atoms with Crippen molar-refractivity contribution in [1.29, 1.82) is 0 Å². The summed E-state index contributed by atoms with van der Waals surface area (Å²) in [5.74, 6) is 0. The molecule has 1 aliphatic heterocycles. The van der Waals surface area contributed by atoms with Gasteiger partial charge in [-0.15, -0.1) is 0 Å². The smallest absolute Gasteiger partial charge is 0.154 e. The fourth-order valence-corrected chi connectivity index (χ4v) is 2.75. The quantitative estimate of drug-likeness (QED) is 0.664. The second-order valence-electron chi connectivity index (χ2n) is 3.77. The van der Waals surface area contributed by atoms with E-state index in [1.165, 1.54) is 13.1 Å². The van der Waals surface area contributed by atoms with Gasteiger partial charge >= 0.3 is 0 Å². The fourth-order valence-electron chi connectivity index (χ4n) is 1.39. The predicted molar refractivity (Wildman–Crippen MR) is 55.1 cm³/mol. The first-order valence-electron chi connectivity index (χ1n) is 4.46. The van der Waals surface area contributed by atoms with Crippen molar-refractivity contribution < 1.29 is 4.52 Å². The molecule has 72 valence electrons. The van der Waals surface area contributed by atoms with Crippen molar-refractivity contribution in [3.8, 4) is 0 Å². The molecule has 0 amide bonds. The summed E-state index contributed by atoms with van der Waals surface area (Å²) in [4.78, 5) is 2.49. The Hall–Kier alpha value is 0.310. The summed E-state index contributed by atoms with van der Waals surface area (Å²) < 4.78 is 5.49. The highest BCUT2D eigenvalue weighted by atomic mass is 31.2. The largest absolute Gasteiger partial charge is 0.314 e. The lowest BCUT2D eigenvalue weighted by atomic mass is 10.4. The lowest BCUT2D eigenvalue weighted by Gasteiger charge is -2.29. The maximum Gasteiger partial charge on any atom is 0.154 e. The number of nitrogens with one attached hydrogen (secondary N) is 1. The third-order valence-corrected chi connectivity index (χ3v) is 4.31. The van der Waals surface area contributed by atoms with Gasteiger partial charge in [-0.3, -0.25) is 4.90 Å². The molecule has 1 fully saturated rings. The summed E-state index contributed by atoms with van der Waals surface area (Å²) in [5, 5.41) is 3.35. The van der Waals surface area contributed by atoms with Gasteiger partial charge in [0.1, 0.15) is 6.29 Å². The molecule has 0 aromatic rings. The molecule has 0 atom stereocenters. The van der Waals surface area contributed by atoms with Crippen LogP contribution in [-0.2, 0) is 4.52 Å². The molecule has 1 aliphatic rings. The van der Waals surface area contributed by atoms with E-state index in [-0.39, 0.29) is 0 Å². The molecule has 0 unspecified atom stereocenters. The molecular weight excluding hydrogens is 171 g/mol. The Balaban J connectivity index is 2.28. The molecular formula is C8H20N2OP+. The maximum atomic E-state index is 5.49. The average molecular weight is 191 g/mol. The van der Waals surface area contributed by atoms with E-state index in [9.17, 15) is 0 Å². The normalized spacial score (nSPS) is 21.2. The van der Waals surface area contributed by atoms with Crippen molar-refractivity contribution in [3.05, 3.63) is 0 Å². The van der Waals surface area contributed by atoms with E-state index in [2.05, 4.69) is 23.5 Å². The second-order valence-corrected chi connectivity index (χ2v) is 7.56. The lowest BCUT2D eigenvalue weighted by Crippen LogP contribution is -2.44. The zero-order valence-electron chi connectivity index (χ0n) is 8.34. The van der Waals surface area contributed by atoms with Gasteiger partial charge < -0.3 is 5.32 Å². The van der Waals surface area contributed by atoms with Gasteiger partial charge in [-0.2, -0.15) is 0 Å². The van der Waals surface area contributed by atoms with Crippen LogP contribution < -0.4 is 5.32 Å². The topological polar surface area (TPSA) is 24.5 Å². The summed E-state index contributed by atoms with van der Waals surface area (Å²) in [6, 6.07) is 0. The van der Waals surface area contributed by atoms with Gasteiger partial charge in [0.2, 0.25) is 0 Å². The summed E-state index contributed by atoms with van der Waals surface area (Å²) >= 11 is 0. The van der Waals surface area contributed by atoms with Crippen LogP contribution in [0, 0.1) is 0 Å². The third kappa shape index (κ3) is 3.36. The molecule has 1 saturated heterocycles. The van der Waals surface area contributed by atoms with Crippen LogP contribution in [0.25, 0.3) is 0 Å². The van der Waals surface area contributed by atoms with Crippen molar-refractivity contribution in [2.24, 2.45) is 0 Å². The van der Waals surface area contributed by atoms with Crippen LogP contribution in [0.4, 0.5) is 0 Å². The first kappa shape index (κ1) is 10.4. The number of hydrogen-bond acceptors (Lipinski definition) is 3. The summed E-state index contributed by atoms with van der Waals surface area (Å²) in [6.45, 7) is 9.09. The molecule has 0 radical (unpaired) electrons. The Labute approximate surface area is 75.9 Å². The van der Waals surface area contributed by atoms with Gasteiger partial charge in [0, 0.05) is 26.2 Å². The van der Waals surface area contributed by atoms with Gasteiger partial charge in [0.15, 0.2) is 7.49 Å². The van der Waals surface area contributed by atoms with Crippen LogP contribution in [0.1, 0.15) is 0 Å². The Kier molecular flexibility index (Phi) is 3.91. The Morgan fingerprint density at radius 1 is 1.33 bits per heavy atom. The van der Waals surface area contributed by atoms with E-state index in [0.717, 1.165) is 19.4 Å². The van der Waals surface area contributed by atoms with E-state index in [0.29, 0.717) is 0 Å². The monoisotopic (exact) mass is 191 g/mol. The van der Waals surface area contributed by atoms with E-state index >= 15 is 0 Å². The molecule has 1 rings (SSSR count). The molecule has 0 aromatic heterocycles. The minimum absolute atomic E-state index is 1.09. The van der Waals surface area contributed by atoms with Crippen molar-refractivity contribution in [1.82, 2.24) is 10.2 Å². The zero-order chi connectivity index (χ0) is 9.03. The SMILES string of the molecule is CO[P+](C)(C)CN1CCNCC1. The minimum atomic E-state index is -1.09. The van der Waals surface area contributed by atoms with Crippen molar-refractivity contribution >= 4 is 7.49 Å². The van der Waals surface area contributed by atoms with E-state index in [1.807, 2.05) is 7.11 Å². The molecule has 12 heavy (non-hydrogen) atoms. The highest BCUT2D eigenvalue weighted by Gasteiger charge is 2.28. The third-order valence-electron chi connectivity index (χ3n) is 2.24.